The van der Waals surface area contributed by atoms with Crippen molar-refractivity contribution < 1.29 is 14.6 Å². The molecule has 0 bridgehead atoms. The van der Waals surface area contributed by atoms with Gasteiger partial charge in [0.25, 0.3) is 0 Å². The van der Waals surface area contributed by atoms with Gasteiger partial charge in [-0.3, -0.25) is 4.79 Å². The molecule has 1 aliphatic carbocycles. The molecule has 0 heterocycles. The molecule has 0 aromatic heterocycles. The number of Topliss-reactive ketones (excluding diaryl/α,β-unsaturated/α-hetero) is 1. The molecule has 33 heavy (non-hydrogen) atoms. The van der Waals surface area contributed by atoms with Gasteiger partial charge >= 0.3 is 0 Å². The van der Waals surface area contributed by atoms with Crippen LogP contribution in [0, 0.1) is 0 Å². The quantitative estimate of drug-likeness (QED) is 0.423. The first-order valence-corrected chi connectivity index (χ1v) is 11.7. The fourth-order valence-corrected chi connectivity index (χ4v) is 4.44. The molecule has 3 aromatic carbocycles. The lowest BCUT2D eigenvalue weighted by molar-refractivity contribution is 0.105. The van der Waals surface area contributed by atoms with Gasteiger partial charge in [0.15, 0.2) is 5.78 Å². The van der Waals surface area contributed by atoms with Gasteiger partial charge in [-0.05, 0) is 84.6 Å². The Morgan fingerprint density at radius 3 is 2.36 bits per heavy atom. The van der Waals surface area contributed by atoms with Crippen molar-refractivity contribution in [2.24, 2.45) is 0 Å². The van der Waals surface area contributed by atoms with Crippen LogP contribution in [0.2, 0.25) is 0 Å². The molecule has 4 heteroatoms. The maximum atomic E-state index is 13.8. The van der Waals surface area contributed by atoms with Crippen molar-refractivity contribution in [2.45, 2.75) is 26.7 Å². The van der Waals surface area contributed by atoms with Crippen molar-refractivity contribution in [3.05, 3.63) is 95.1 Å². The number of allylic oxidation sites excluding steroid dienone is 2. The van der Waals surface area contributed by atoms with E-state index in [9.17, 15) is 9.90 Å². The predicted molar refractivity (Wildman–Crippen MR) is 134 cm³/mol. The molecule has 4 nitrogen and oxygen atoms in total. The van der Waals surface area contributed by atoms with E-state index in [2.05, 4.69) is 30.9 Å². The van der Waals surface area contributed by atoms with Crippen LogP contribution < -0.4 is 4.74 Å². The third-order valence-corrected chi connectivity index (χ3v) is 6.34. The van der Waals surface area contributed by atoms with Gasteiger partial charge in [0.2, 0.25) is 0 Å². The topological polar surface area (TPSA) is 49.8 Å². The van der Waals surface area contributed by atoms with Gasteiger partial charge in [0.05, 0.1) is 0 Å². The zero-order valence-electron chi connectivity index (χ0n) is 19.4. The molecule has 4 rings (SSSR count). The van der Waals surface area contributed by atoms with E-state index in [0.717, 1.165) is 66.1 Å². The lowest BCUT2D eigenvalue weighted by Gasteiger charge is -2.23. The fourth-order valence-electron chi connectivity index (χ4n) is 4.44. The van der Waals surface area contributed by atoms with E-state index in [1.807, 2.05) is 48.5 Å². The summed E-state index contributed by atoms with van der Waals surface area (Å²) in [6.07, 6.45) is 1.55. The molecule has 3 aromatic rings. The zero-order chi connectivity index (χ0) is 23.2. The van der Waals surface area contributed by atoms with Crippen LogP contribution in [-0.2, 0) is 6.42 Å². The Bertz CT molecular complexity index is 1130. The van der Waals surface area contributed by atoms with Gasteiger partial charge in [-0.15, -0.1) is 0 Å². The Balaban J connectivity index is 1.62. The minimum atomic E-state index is -0.00446. The summed E-state index contributed by atoms with van der Waals surface area (Å²) in [7, 11) is 0. The number of carbonyl (C=O) groups is 1. The van der Waals surface area contributed by atoms with E-state index in [-0.39, 0.29) is 11.5 Å². The number of ether oxygens (including phenoxy) is 1. The molecule has 0 unspecified atom stereocenters. The molecule has 0 aliphatic heterocycles. The summed E-state index contributed by atoms with van der Waals surface area (Å²) in [5, 5.41) is 9.96. The summed E-state index contributed by atoms with van der Waals surface area (Å²) >= 11 is 0. The van der Waals surface area contributed by atoms with Crippen molar-refractivity contribution in [2.75, 3.05) is 26.2 Å². The summed E-state index contributed by atoms with van der Waals surface area (Å²) in [5.74, 6) is 0.995. The van der Waals surface area contributed by atoms with Crippen LogP contribution >= 0.6 is 0 Å². The van der Waals surface area contributed by atoms with Gasteiger partial charge < -0.3 is 14.7 Å². The Labute approximate surface area is 196 Å². The third-order valence-electron chi connectivity index (χ3n) is 6.34. The Morgan fingerprint density at radius 2 is 1.67 bits per heavy atom. The van der Waals surface area contributed by atoms with E-state index in [4.69, 9.17) is 4.74 Å². The lowest BCUT2D eigenvalue weighted by atomic mass is 9.79. The Kier molecular flexibility index (Phi) is 7.26. The minimum absolute atomic E-state index is 0.00446. The largest absolute Gasteiger partial charge is 0.508 e. The third kappa shape index (κ3) is 5.18. The van der Waals surface area contributed by atoms with Crippen LogP contribution in [0.5, 0.6) is 11.5 Å². The Hall–Kier alpha value is -3.37. The molecule has 0 spiro atoms. The zero-order valence-corrected chi connectivity index (χ0v) is 19.4. The number of hydrogen-bond acceptors (Lipinski definition) is 4. The highest BCUT2D eigenvalue weighted by atomic mass is 16.5. The highest BCUT2D eigenvalue weighted by Gasteiger charge is 2.26. The number of aryl methyl sites for hydroxylation is 1. The van der Waals surface area contributed by atoms with E-state index in [1.54, 1.807) is 12.1 Å². The van der Waals surface area contributed by atoms with Crippen molar-refractivity contribution in [1.82, 2.24) is 4.90 Å². The van der Waals surface area contributed by atoms with E-state index in [1.165, 1.54) is 0 Å². The molecule has 1 aliphatic rings. The van der Waals surface area contributed by atoms with Crippen LogP contribution in [0.25, 0.3) is 11.1 Å². The molecule has 0 radical (unpaired) electrons. The maximum absolute atomic E-state index is 13.8. The number of benzene rings is 3. The monoisotopic (exact) mass is 441 g/mol. The molecule has 0 saturated heterocycles. The van der Waals surface area contributed by atoms with Crippen LogP contribution in [0.15, 0.2) is 72.8 Å². The highest BCUT2D eigenvalue weighted by Crippen LogP contribution is 2.39. The van der Waals surface area contributed by atoms with E-state index >= 15 is 0 Å². The van der Waals surface area contributed by atoms with E-state index < -0.39 is 0 Å². The number of rotatable bonds is 9. The number of likely N-dealkylation sites (N-methyl/N-ethyl adjacent to an activating group) is 1. The Morgan fingerprint density at radius 1 is 0.939 bits per heavy atom. The fraction of sp³-hybridized carbons (Fsp3) is 0.276. The second kappa shape index (κ2) is 10.5. The van der Waals surface area contributed by atoms with Gasteiger partial charge in [0.1, 0.15) is 18.1 Å². The van der Waals surface area contributed by atoms with Gasteiger partial charge in [-0.25, -0.2) is 0 Å². The first kappa shape index (κ1) is 22.8. The van der Waals surface area contributed by atoms with Gasteiger partial charge in [-0.1, -0.05) is 50.2 Å². The van der Waals surface area contributed by atoms with Gasteiger partial charge in [0, 0.05) is 17.7 Å². The standard InChI is InChI=1S/C29H31NO3/c1-3-30(4-2)18-19-33-25-14-10-22(11-15-25)29(32)28-26(21-8-6-5-7-9-21)16-12-23-20-24(31)13-17-27(23)28/h5-11,13-15,17,20,31H,3-4,12,16,18-19H2,1-2H3. The van der Waals surface area contributed by atoms with Crippen LogP contribution in [-0.4, -0.2) is 42.0 Å². The molecule has 0 atom stereocenters. The van der Waals surface area contributed by atoms with Crippen molar-refractivity contribution in [1.29, 1.82) is 0 Å². The molecular weight excluding hydrogens is 410 g/mol. The number of carbonyl (C=O) groups excluding carboxylic acids is 1. The van der Waals surface area contributed by atoms with E-state index in [0.29, 0.717) is 12.2 Å². The lowest BCUT2D eigenvalue weighted by Crippen LogP contribution is -2.27. The molecule has 1 N–H and O–H groups in total. The molecule has 0 amide bonds. The average Bonchev–Trinajstić information content (AvgIpc) is 2.86. The van der Waals surface area contributed by atoms with Crippen molar-refractivity contribution in [3.8, 4) is 11.5 Å². The summed E-state index contributed by atoms with van der Waals surface area (Å²) < 4.78 is 5.89. The minimum Gasteiger partial charge on any atom is -0.508 e. The van der Waals surface area contributed by atoms with Crippen LogP contribution in [0.3, 0.4) is 0 Å². The number of hydrogen-bond donors (Lipinski definition) is 1. The molecular formula is C29H31NO3. The number of nitrogens with zero attached hydrogens (tertiary/aromatic N) is 1. The average molecular weight is 442 g/mol. The van der Waals surface area contributed by atoms with Crippen LogP contribution in [0.4, 0.5) is 0 Å². The second-order valence-corrected chi connectivity index (χ2v) is 8.29. The predicted octanol–water partition coefficient (Wildman–Crippen LogP) is 5.85. The summed E-state index contributed by atoms with van der Waals surface area (Å²) in [5.41, 5.74) is 5.39. The molecule has 0 saturated carbocycles. The highest BCUT2D eigenvalue weighted by molar-refractivity contribution is 6.35. The van der Waals surface area contributed by atoms with Crippen molar-refractivity contribution >= 4 is 16.9 Å². The smallest absolute Gasteiger partial charge is 0.193 e. The number of phenols is 1. The SMILES string of the molecule is CCN(CC)CCOc1ccc(C(=O)C2=C(c3ccccc3)CCc3cc(O)ccc32)cc1. The van der Waals surface area contributed by atoms with Crippen LogP contribution in [0.1, 0.15) is 47.3 Å². The first-order chi connectivity index (χ1) is 16.1. The normalized spacial score (nSPS) is 13.2. The number of aromatic hydroxyl groups is 1. The number of fused-ring (bicyclic) bond motifs is 1. The second-order valence-electron chi connectivity index (χ2n) is 8.29. The molecule has 170 valence electrons. The van der Waals surface area contributed by atoms with Gasteiger partial charge in [-0.2, -0.15) is 0 Å². The first-order valence-electron chi connectivity index (χ1n) is 11.7. The number of ketones is 1. The number of phenolic OH excluding ortho intramolecular Hbond substituents is 1. The van der Waals surface area contributed by atoms with Crippen molar-refractivity contribution in [3.63, 3.8) is 0 Å². The summed E-state index contributed by atoms with van der Waals surface area (Å²) in [4.78, 5) is 16.1. The molecule has 0 fully saturated rings. The summed E-state index contributed by atoms with van der Waals surface area (Å²) in [6.45, 7) is 7.80. The summed E-state index contributed by atoms with van der Waals surface area (Å²) in [6, 6.07) is 22.8. The maximum Gasteiger partial charge on any atom is 0.193 e.